The van der Waals surface area contributed by atoms with E-state index in [4.69, 9.17) is 9.84 Å². The normalized spacial score (nSPS) is 16.4. The van der Waals surface area contributed by atoms with Crippen LogP contribution in [0.1, 0.15) is 22.0 Å². The highest BCUT2D eigenvalue weighted by Crippen LogP contribution is 2.34. The summed E-state index contributed by atoms with van der Waals surface area (Å²) in [7, 11) is 0. The Balaban J connectivity index is 1.88. The van der Waals surface area contributed by atoms with Gasteiger partial charge in [-0.2, -0.15) is 0 Å². The molecule has 1 heterocycles. The summed E-state index contributed by atoms with van der Waals surface area (Å²) in [5.41, 5.74) is 2.08. The van der Waals surface area contributed by atoms with Crippen LogP contribution in [0.2, 0.25) is 0 Å². The molecule has 2 N–H and O–H groups in total. The molecule has 1 unspecified atom stereocenters. The molecule has 102 valence electrons. The van der Waals surface area contributed by atoms with Crippen LogP contribution < -0.4 is 10.1 Å². The Morgan fingerprint density at radius 3 is 2.90 bits per heavy atom. The quantitative estimate of drug-likeness (QED) is 0.899. The topological polar surface area (TPSA) is 58.6 Å². The highest BCUT2D eigenvalue weighted by atomic mass is 79.9. The third-order valence-electron chi connectivity index (χ3n) is 3.19. The number of carboxylic acids is 1. The summed E-state index contributed by atoms with van der Waals surface area (Å²) in [5, 5.41) is 12.4. The van der Waals surface area contributed by atoms with Gasteiger partial charge in [-0.15, -0.1) is 0 Å². The van der Waals surface area contributed by atoms with E-state index >= 15 is 0 Å². The maximum atomic E-state index is 11.1. The van der Waals surface area contributed by atoms with Gasteiger partial charge in [0.2, 0.25) is 0 Å². The van der Waals surface area contributed by atoms with Crippen LogP contribution >= 0.6 is 15.9 Å². The standard InChI is InChI=1S/C15H12BrNO3/c16-10-5-9(15(18)19)6-11(7-10)17-13-8-20-14-4-2-1-3-12(13)14/h1-7,13,17H,8H2,(H,18,19). The number of carboxylic acid groups (broad SMARTS) is 1. The minimum atomic E-state index is -0.947. The molecule has 4 nitrogen and oxygen atoms in total. The van der Waals surface area contributed by atoms with Crippen LogP contribution in [0.25, 0.3) is 0 Å². The zero-order valence-electron chi connectivity index (χ0n) is 10.5. The number of anilines is 1. The summed E-state index contributed by atoms with van der Waals surface area (Å²) in [5.74, 6) is -0.0733. The lowest BCUT2D eigenvalue weighted by molar-refractivity contribution is 0.0697. The first-order chi connectivity index (χ1) is 9.63. The Morgan fingerprint density at radius 2 is 2.10 bits per heavy atom. The molecule has 1 aliphatic heterocycles. The van der Waals surface area contributed by atoms with Crippen molar-refractivity contribution in [2.24, 2.45) is 0 Å². The lowest BCUT2D eigenvalue weighted by atomic mass is 10.1. The molecular weight excluding hydrogens is 322 g/mol. The van der Waals surface area contributed by atoms with Gasteiger partial charge in [0.1, 0.15) is 12.4 Å². The van der Waals surface area contributed by atoms with Crippen molar-refractivity contribution < 1.29 is 14.6 Å². The van der Waals surface area contributed by atoms with E-state index in [1.807, 2.05) is 30.3 Å². The monoisotopic (exact) mass is 333 g/mol. The van der Waals surface area contributed by atoms with Gasteiger partial charge in [-0.1, -0.05) is 34.1 Å². The molecule has 3 rings (SSSR count). The highest BCUT2D eigenvalue weighted by Gasteiger charge is 2.23. The second-order valence-corrected chi connectivity index (χ2v) is 5.50. The molecular formula is C15H12BrNO3. The number of para-hydroxylation sites is 1. The van der Waals surface area contributed by atoms with E-state index in [1.165, 1.54) is 0 Å². The average molecular weight is 334 g/mol. The average Bonchev–Trinajstić information content (AvgIpc) is 2.82. The Labute approximate surface area is 124 Å². The molecule has 1 atom stereocenters. The first-order valence-electron chi connectivity index (χ1n) is 6.15. The van der Waals surface area contributed by atoms with Crippen molar-refractivity contribution in [1.29, 1.82) is 0 Å². The number of carbonyl (C=O) groups is 1. The second kappa shape index (κ2) is 5.17. The molecule has 5 heteroatoms. The van der Waals surface area contributed by atoms with E-state index in [0.717, 1.165) is 21.5 Å². The van der Waals surface area contributed by atoms with Crippen LogP contribution in [0.4, 0.5) is 5.69 Å². The van der Waals surface area contributed by atoms with Crippen molar-refractivity contribution in [2.75, 3.05) is 11.9 Å². The van der Waals surface area contributed by atoms with E-state index in [-0.39, 0.29) is 11.6 Å². The fourth-order valence-electron chi connectivity index (χ4n) is 2.28. The molecule has 0 bridgehead atoms. The van der Waals surface area contributed by atoms with Gasteiger partial charge in [0.05, 0.1) is 11.6 Å². The molecule has 0 aliphatic carbocycles. The summed E-state index contributed by atoms with van der Waals surface area (Å²) in [6, 6.07) is 12.9. The molecule has 2 aromatic carbocycles. The zero-order valence-corrected chi connectivity index (χ0v) is 12.1. The first-order valence-corrected chi connectivity index (χ1v) is 6.95. The summed E-state index contributed by atoms with van der Waals surface area (Å²) in [6.07, 6.45) is 0. The molecule has 0 aromatic heterocycles. The summed E-state index contributed by atoms with van der Waals surface area (Å²) in [6.45, 7) is 0.536. The van der Waals surface area contributed by atoms with E-state index in [1.54, 1.807) is 12.1 Å². The number of hydrogen-bond donors (Lipinski definition) is 2. The number of fused-ring (bicyclic) bond motifs is 1. The number of aromatic carboxylic acids is 1. The highest BCUT2D eigenvalue weighted by molar-refractivity contribution is 9.10. The van der Waals surface area contributed by atoms with Gasteiger partial charge in [-0.05, 0) is 24.3 Å². The summed E-state index contributed by atoms with van der Waals surface area (Å²) < 4.78 is 6.33. The third-order valence-corrected chi connectivity index (χ3v) is 3.64. The molecule has 20 heavy (non-hydrogen) atoms. The zero-order chi connectivity index (χ0) is 14.1. The number of hydrogen-bond acceptors (Lipinski definition) is 3. The fraction of sp³-hybridized carbons (Fsp3) is 0.133. The minimum Gasteiger partial charge on any atom is -0.491 e. The van der Waals surface area contributed by atoms with Crippen LogP contribution in [-0.4, -0.2) is 17.7 Å². The van der Waals surface area contributed by atoms with Crippen LogP contribution in [0, 0.1) is 0 Å². The molecule has 0 spiro atoms. The maximum Gasteiger partial charge on any atom is 0.335 e. The van der Waals surface area contributed by atoms with Gasteiger partial charge in [0.15, 0.2) is 0 Å². The molecule has 0 saturated carbocycles. The van der Waals surface area contributed by atoms with Crippen molar-refractivity contribution >= 4 is 27.6 Å². The SMILES string of the molecule is O=C(O)c1cc(Br)cc(NC2COc3ccccc32)c1. The van der Waals surface area contributed by atoms with Crippen LogP contribution in [0.3, 0.4) is 0 Å². The Bertz CT molecular complexity index is 672. The Morgan fingerprint density at radius 1 is 1.30 bits per heavy atom. The number of benzene rings is 2. The predicted molar refractivity (Wildman–Crippen MR) is 79.4 cm³/mol. The van der Waals surface area contributed by atoms with Crippen molar-refractivity contribution in [2.45, 2.75) is 6.04 Å². The predicted octanol–water partition coefficient (Wildman–Crippen LogP) is 3.69. The maximum absolute atomic E-state index is 11.1. The van der Waals surface area contributed by atoms with E-state index in [9.17, 15) is 4.79 Å². The fourth-order valence-corrected chi connectivity index (χ4v) is 2.77. The van der Waals surface area contributed by atoms with E-state index in [2.05, 4.69) is 21.2 Å². The Kier molecular flexibility index (Phi) is 3.36. The second-order valence-electron chi connectivity index (χ2n) is 4.58. The van der Waals surface area contributed by atoms with Gasteiger partial charge in [-0.3, -0.25) is 0 Å². The van der Waals surface area contributed by atoms with Crippen molar-refractivity contribution in [3.05, 3.63) is 58.1 Å². The van der Waals surface area contributed by atoms with Crippen molar-refractivity contribution in [3.63, 3.8) is 0 Å². The van der Waals surface area contributed by atoms with E-state index < -0.39 is 5.97 Å². The molecule has 0 saturated heterocycles. The largest absolute Gasteiger partial charge is 0.491 e. The van der Waals surface area contributed by atoms with Crippen molar-refractivity contribution in [1.82, 2.24) is 0 Å². The number of ether oxygens (including phenoxy) is 1. The number of halogens is 1. The molecule has 0 amide bonds. The van der Waals surface area contributed by atoms with Gasteiger partial charge in [0.25, 0.3) is 0 Å². The molecule has 0 fully saturated rings. The third kappa shape index (κ3) is 2.49. The molecule has 1 aliphatic rings. The molecule has 0 radical (unpaired) electrons. The summed E-state index contributed by atoms with van der Waals surface area (Å²) >= 11 is 3.33. The first kappa shape index (κ1) is 13.0. The van der Waals surface area contributed by atoms with Gasteiger partial charge in [-0.25, -0.2) is 4.79 Å². The lowest BCUT2D eigenvalue weighted by Crippen LogP contribution is -2.12. The van der Waals surface area contributed by atoms with Gasteiger partial charge >= 0.3 is 5.97 Å². The minimum absolute atomic E-state index is 0.0298. The van der Waals surface area contributed by atoms with Gasteiger partial charge in [0, 0.05) is 15.7 Å². The van der Waals surface area contributed by atoms with Crippen LogP contribution in [0.15, 0.2) is 46.9 Å². The molecule has 2 aromatic rings. The van der Waals surface area contributed by atoms with Crippen LogP contribution in [0.5, 0.6) is 5.75 Å². The lowest BCUT2D eigenvalue weighted by Gasteiger charge is -2.14. The van der Waals surface area contributed by atoms with E-state index in [0.29, 0.717) is 6.61 Å². The number of nitrogens with one attached hydrogen (secondary N) is 1. The smallest absolute Gasteiger partial charge is 0.335 e. The van der Waals surface area contributed by atoms with Gasteiger partial charge < -0.3 is 15.2 Å². The number of rotatable bonds is 3. The Hall–Kier alpha value is -2.01. The van der Waals surface area contributed by atoms with Crippen molar-refractivity contribution in [3.8, 4) is 5.75 Å². The van der Waals surface area contributed by atoms with Crippen LogP contribution in [-0.2, 0) is 0 Å². The summed E-state index contributed by atoms with van der Waals surface area (Å²) in [4.78, 5) is 11.1.